The molecule has 2 rings (SSSR count). The van der Waals surface area contributed by atoms with Crippen molar-refractivity contribution >= 4 is 33.4 Å². The summed E-state index contributed by atoms with van der Waals surface area (Å²) in [7, 11) is 0. The van der Waals surface area contributed by atoms with E-state index in [9.17, 15) is 0 Å². The van der Waals surface area contributed by atoms with Crippen LogP contribution in [0.25, 0.3) is 0 Å². The van der Waals surface area contributed by atoms with Gasteiger partial charge >= 0.3 is 0 Å². The standard InChI is InChI=1S/C11H12BrN5/c1-7-6-8(12)2-3-9(7)15-10-4-5-14-11(16-10)17-13/h2-6H,13H2,1H3,(H2,14,15,16,17). The Morgan fingerprint density at radius 1 is 1.29 bits per heavy atom. The van der Waals surface area contributed by atoms with Crippen LogP contribution >= 0.6 is 15.9 Å². The molecule has 4 N–H and O–H groups in total. The number of nitrogen functional groups attached to an aromatic ring is 1. The van der Waals surface area contributed by atoms with Gasteiger partial charge in [0.1, 0.15) is 5.82 Å². The smallest absolute Gasteiger partial charge is 0.239 e. The highest BCUT2D eigenvalue weighted by Crippen LogP contribution is 2.22. The topological polar surface area (TPSA) is 75.9 Å². The lowest BCUT2D eigenvalue weighted by Crippen LogP contribution is -2.10. The Morgan fingerprint density at radius 3 is 2.82 bits per heavy atom. The Morgan fingerprint density at radius 2 is 2.12 bits per heavy atom. The fourth-order valence-corrected chi connectivity index (χ4v) is 1.88. The zero-order valence-electron chi connectivity index (χ0n) is 9.24. The second-order valence-corrected chi connectivity index (χ2v) is 4.41. The maximum absolute atomic E-state index is 5.25. The summed E-state index contributed by atoms with van der Waals surface area (Å²) in [5.74, 6) is 6.33. The third kappa shape index (κ3) is 2.92. The molecule has 5 nitrogen and oxygen atoms in total. The van der Waals surface area contributed by atoms with Crippen molar-refractivity contribution in [1.29, 1.82) is 0 Å². The minimum Gasteiger partial charge on any atom is -0.340 e. The average Bonchev–Trinajstić information content (AvgIpc) is 2.33. The highest BCUT2D eigenvalue weighted by atomic mass is 79.9. The molecule has 0 spiro atoms. The van der Waals surface area contributed by atoms with Gasteiger partial charge in [0, 0.05) is 16.4 Å². The molecule has 0 atom stereocenters. The van der Waals surface area contributed by atoms with E-state index in [1.54, 1.807) is 12.3 Å². The van der Waals surface area contributed by atoms with E-state index < -0.39 is 0 Å². The highest BCUT2D eigenvalue weighted by molar-refractivity contribution is 9.10. The van der Waals surface area contributed by atoms with Crippen LogP contribution in [0.4, 0.5) is 17.5 Å². The highest BCUT2D eigenvalue weighted by Gasteiger charge is 2.01. The van der Waals surface area contributed by atoms with E-state index >= 15 is 0 Å². The molecule has 0 bridgehead atoms. The summed E-state index contributed by atoms with van der Waals surface area (Å²) < 4.78 is 1.05. The van der Waals surface area contributed by atoms with E-state index in [0.29, 0.717) is 11.8 Å². The number of hydrogen-bond acceptors (Lipinski definition) is 5. The summed E-state index contributed by atoms with van der Waals surface area (Å²) in [4.78, 5) is 8.12. The van der Waals surface area contributed by atoms with Crippen LogP contribution < -0.4 is 16.6 Å². The molecule has 1 aromatic heterocycles. The lowest BCUT2D eigenvalue weighted by atomic mass is 10.2. The summed E-state index contributed by atoms with van der Waals surface area (Å²) in [5.41, 5.74) is 4.53. The third-order valence-corrected chi connectivity index (χ3v) is 2.73. The minimum absolute atomic E-state index is 0.379. The molecular formula is C11H12BrN5. The van der Waals surface area contributed by atoms with Crippen molar-refractivity contribution in [2.75, 3.05) is 10.7 Å². The van der Waals surface area contributed by atoms with Gasteiger partial charge in [-0.3, -0.25) is 5.43 Å². The molecule has 0 radical (unpaired) electrons. The molecule has 0 amide bonds. The summed E-state index contributed by atoms with van der Waals surface area (Å²) in [6.07, 6.45) is 1.64. The van der Waals surface area contributed by atoms with E-state index in [-0.39, 0.29) is 0 Å². The van der Waals surface area contributed by atoms with Gasteiger partial charge in [-0.05, 0) is 36.8 Å². The average molecular weight is 294 g/mol. The predicted molar refractivity (Wildman–Crippen MR) is 72.0 cm³/mol. The number of nitrogens with two attached hydrogens (primary N) is 1. The number of hydrogen-bond donors (Lipinski definition) is 3. The van der Waals surface area contributed by atoms with Gasteiger partial charge in [-0.25, -0.2) is 10.8 Å². The number of aromatic nitrogens is 2. The van der Waals surface area contributed by atoms with Crippen LogP contribution in [0.15, 0.2) is 34.9 Å². The predicted octanol–water partition coefficient (Wildman–Crippen LogP) is 2.58. The molecular weight excluding hydrogens is 282 g/mol. The largest absolute Gasteiger partial charge is 0.340 e. The lowest BCUT2D eigenvalue weighted by molar-refractivity contribution is 1.12. The van der Waals surface area contributed by atoms with Crippen molar-refractivity contribution in [3.05, 3.63) is 40.5 Å². The molecule has 0 fully saturated rings. The lowest BCUT2D eigenvalue weighted by Gasteiger charge is -2.09. The Labute approximate surface area is 108 Å². The monoisotopic (exact) mass is 293 g/mol. The summed E-state index contributed by atoms with van der Waals surface area (Å²) >= 11 is 3.42. The number of rotatable bonds is 3. The third-order valence-electron chi connectivity index (χ3n) is 2.24. The molecule has 0 aliphatic rings. The van der Waals surface area contributed by atoms with Gasteiger partial charge in [-0.1, -0.05) is 15.9 Å². The van der Waals surface area contributed by atoms with E-state index in [0.717, 1.165) is 15.7 Å². The number of nitrogens with zero attached hydrogens (tertiary/aromatic N) is 2. The molecule has 0 aliphatic heterocycles. The molecule has 2 aromatic rings. The first-order valence-electron chi connectivity index (χ1n) is 5.02. The Kier molecular flexibility index (Phi) is 3.55. The molecule has 17 heavy (non-hydrogen) atoms. The van der Waals surface area contributed by atoms with Gasteiger partial charge in [0.05, 0.1) is 0 Å². The zero-order chi connectivity index (χ0) is 12.3. The van der Waals surface area contributed by atoms with Gasteiger partial charge in [-0.2, -0.15) is 4.98 Å². The number of nitrogens with one attached hydrogen (secondary N) is 2. The van der Waals surface area contributed by atoms with Gasteiger partial charge < -0.3 is 5.32 Å². The van der Waals surface area contributed by atoms with Crippen molar-refractivity contribution < 1.29 is 0 Å². The van der Waals surface area contributed by atoms with Crippen molar-refractivity contribution in [1.82, 2.24) is 9.97 Å². The molecule has 0 saturated carbocycles. The quantitative estimate of drug-likeness (QED) is 0.599. The maximum Gasteiger partial charge on any atom is 0.239 e. The van der Waals surface area contributed by atoms with Crippen LogP contribution in [0.1, 0.15) is 5.56 Å². The molecule has 0 unspecified atom stereocenters. The SMILES string of the molecule is Cc1cc(Br)ccc1Nc1ccnc(NN)n1. The zero-order valence-corrected chi connectivity index (χ0v) is 10.8. The van der Waals surface area contributed by atoms with E-state index in [4.69, 9.17) is 5.84 Å². The second kappa shape index (κ2) is 5.11. The van der Waals surface area contributed by atoms with Gasteiger partial charge in [0.15, 0.2) is 0 Å². The Hall–Kier alpha value is -1.66. The molecule has 1 heterocycles. The van der Waals surface area contributed by atoms with Crippen molar-refractivity contribution in [3.8, 4) is 0 Å². The van der Waals surface area contributed by atoms with E-state index in [1.807, 2.05) is 25.1 Å². The maximum atomic E-state index is 5.25. The van der Waals surface area contributed by atoms with Gasteiger partial charge in [0.2, 0.25) is 5.95 Å². The fourth-order valence-electron chi connectivity index (χ4n) is 1.40. The van der Waals surface area contributed by atoms with Crippen molar-refractivity contribution in [2.45, 2.75) is 6.92 Å². The van der Waals surface area contributed by atoms with Crippen molar-refractivity contribution in [2.24, 2.45) is 5.84 Å². The molecule has 0 aliphatic carbocycles. The summed E-state index contributed by atoms with van der Waals surface area (Å²) in [6.45, 7) is 2.02. The molecule has 0 saturated heterocycles. The normalized spacial score (nSPS) is 10.1. The van der Waals surface area contributed by atoms with Crippen LogP contribution in [0.2, 0.25) is 0 Å². The molecule has 6 heteroatoms. The number of anilines is 3. The fraction of sp³-hybridized carbons (Fsp3) is 0.0909. The first-order valence-corrected chi connectivity index (χ1v) is 5.81. The van der Waals surface area contributed by atoms with Crippen LogP contribution in [0.5, 0.6) is 0 Å². The van der Waals surface area contributed by atoms with Crippen LogP contribution in [0, 0.1) is 6.92 Å². The first-order chi connectivity index (χ1) is 8.19. The van der Waals surface area contributed by atoms with Crippen LogP contribution in [0.3, 0.4) is 0 Å². The van der Waals surface area contributed by atoms with Gasteiger partial charge in [-0.15, -0.1) is 0 Å². The number of halogens is 1. The van der Waals surface area contributed by atoms with Crippen molar-refractivity contribution in [3.63, 3.8) is 0 Å². The number of benzene rings is 1. The Balaban J connectivity index is 2.25. The summed E-state index contributed by atoms with van der Waals surface area (Å²) in [6, 6.07) is 7.77. The number of hydrazine groups is 1. The minimum atomic E-state index is 0.379. The van der Waals surface area contributed by atoms with E-state index in [1.165, 1.54) is 0 Å². The van der Waals surface area contributed by atoms with Crippen LogP contribution in [-0.4, -0.2) is 9.97 Å². The Bertz CT molecular complexity index is 529. The molecule has 1 aromatic carbocycles. The van der Waals surface area contributed by atoms with Gasteiger partial charge in [0.25, 0.3) is 0 Å². The second-order valence-electron chi connectivity index (χ2n) is 3.49. The number of aryl methyl sites for hydroxylation is 1. The summed E-state index contributed by atoms with van der Waals surface area (Å²) in [5, 5.41) is 3.21. The van der Waals surface area contributed by atoms with Crippen LogP contribution in [-0.2, 0) is 0 Å². The van der Waals surface area contributed by atoms with E-state index in [2.05, 4.69) is 36.6 Å². The molecule has 88 valence electrons. The first kappa shape index (κ1) is 11.8.